The Hall–Kier alpha value is -3.19. The molecule has 3 aromatic rings. The molecule has 0 spiro atoms. The normalized spacial score (nSPS) is 19.0. The third-order valence-electron chi connectivity index (χ3n) is 5.73. The van der Waals surface area contributed by atoms with Crippen molar-refractivity contribution in [1.82, 2.24) is 19.8 Å². The lowest BCUT2D eigenvalue weighted by molar-refractivity contribution is -0.0605. The maximum absolute atomic E-state index is 13.4. The fraction of sp³-hybridized carbons (Fsp3) is 0.385. The van der Waals surface area contributed by atoms with Crippen LogP contribution in [-0.4, -0.2) is 52.7 Å². The number of nitrogens with one attached hydrogen (secondary N) is 1. The van der Waals surface area contributed by atoms with Gasteiger partial charge in [-0.2, -0.15) is 0 Å². The van der Waals surface area contributed by atoms with E-state index in [1.165, 1.54) is 17.7 Å². The highest BCUT2D eigenvalue weighted by Gasteiger charge is 2.28. The fourth-order valence-corrected chi connectivity index (χ4v) is 4.17. The number of aliphatic imine (C=N–C) groups is 1. The van der Waals surface area contributed by atoms with Gasteiger partial charge in [-0.1, -0.05) is 42.5 Å². The molecule has 33 heavy (non-hydrogen) atoms. The Kier molecular flexibility index (Phi) is 7.73. The quantitative estimate of drug-likeness (QED) is 0.437. The Morgan fingerprint density at radius 3 is 2.70 bits per heavy atom. The van der Waals surface area contributed by atoms with Crippen LogP contribution >= 0.6 is 0 Å². The number of hydrogen-bond acceptors (Lipinski definition) is 3. The molecular formula is C26H32FN5O. The van der Waals surface area contributed by atoms with Crippen LogP contribution in [0, 0.1) is 5.82 Å². The van der Waals surface area contributed by atoms with E-state index in [9.17, 15) is 4.39 Å². The lowest BCUT2D eigenvalue weighted by Gasteiger charge is -2.38. The number of nitrogens with zero attached hydrogens (tertiary/aromatic N) is 4. The molecule has 174 valence electrons. The van der Waals surface area contributed by atoms with Gasteiger partial charge in [-0.15, -0.1) is 0 Å². The molecule has 1 aliphatic heterocycles. The van der Waals surface area contributed by atoms with E-state index in [2.05, 4.69) is 57.9 Å². The van der Waals surface area contributed by atoms with Gasteiger partial charge in [-0.05, 0) is 37.1 Å². The van der Waals surface area contributed by atoms with Gasteiger partial charge in [0.1, 0.15) is 17.7 Å². The first-order valence-corrected chi connectivity index (χ1v) is 11.6. The van der Waals surface area contributed by atoms with Crippen LogP contribution in [0.1, 0.15) is 36.9 Å². The van der Waals surface area contributed by atoms with E-state index in [1.54, 1.807) is 12.1 Å². The molecule has 6 nitrogen and oxygen atoms in total. The highest BCUT2D eigenvalue weighted by Crippen LogP contribution is 2.25. The predicted octanol–water partition coefficient (Wildman–Crippen LogP) is 4.04. The second-order valence-corrected chi connectivity index (χ2v) is 8.33. The summed E-state index contributed by atoms with van der Waals surface area (Å²) in [7, 11) is 0. The topological polar surface area (TPSA) is 54.7 Å². The van der Waals surface area contributed by atoms with E-state index in [0.717, 1.165) is 43.4 Å². The molecule has 0 saturated carbocycles. The largest absolute Gasteiger partial charge is 0.367 e. The van der Waals surface area contributed by atoms with Crippen molar-refractivity contribution in [2.24, 2.45) is 4.99 Å². The van der Waals surface area contributed by atoms with Crippen LogP contribution in [0.15, 0.2) is 72.0 Å². The molecule has 2 unspecified atom stereocenters. The Labute approximate surface area is 195 Å². The van der Waals surface area contributed by atoms with Crippen LogP contribution in [0.2, 0.25) is 0 Å². The first-order valence-electron chi connectivity index (χ1n) is 11.6. The number of rotatable bonds is 7. The number of benzene rings is 2. The van der Waals surface area contributed by atoms with Gasteiger partial charge in [-0.25, -0.2) is 9.37 Å². The third-order valence-corrected chi connectivity index (χ3v) is 5.73. The summed E-state index contributed by atoms with van der Waals surface area (Å²) in [6.45, 7) is 7.79. The van der Waals surface area contributed by atoms with Gasteiger partial charge in [0, 0.05) is 45.0 Å². The van der Waals surface area contributed by atoms with Crippen molar-refractivity contribution in [2.45, 2.75) is 39.0 Å². The minimum Gasteiger partial charge on any atom is -0.367 e. The molecule has 2 aromatic carbocycles. The van der Waals surface area contributed by atoms with Crippen molar-refractivity contribution in [2.75, 3.05) is 26.2 Å². The van der Waals surface area contributed by atoms with Crippen LogP contribution in [-0.2, 0) is 17.7 Å². The maximum Gasteiger partial charge on any atom is 0.194 e. The van der Waals surface area contributed by atoms with Gasteiger partial charge in [0.05, 0.1) is 12.6 Å². The molecule has 0 amide bonds. The van der Waals surface area contributed by atoms with Crippen molar-refractivity contribution < 1.29 is 9.13 Å². The molecule has 1 saturated heterocycles. The Morgan fingerprint density at radius 1 is 1.15 bits per heavy atom. The minimum atomic E-state index is -0.236. The van der Waals surface area contributed by atoms with E-state index in [4.69, 9.17) is 9.73 Å². The Bertz CT molecular complexity index is 1030. The van der Waals surface area contributed by atoms with Crippen LogP contribution in [0.3, 0.4) is 0 Å². The van der Waals surface area contributed by atoms with Crippen LogP contribution in [0.5, 0.6) is 0 Å². The summed E-state index contributed by atoms with van der Waals surface area (Å²) in [6.07, 6.45) is 4.55. The first kappa shape index (κ1) is 23.0. The van der Waals surface area contributed by atoms with Crippen molar-refractivity contribution in [1.29, 1.82) is 0 Å². The Morgan fingerprint density at radius 2 is 1.94 bits per heavy atom. The van der Waals surface area contributed by atoms with E-state index in [0.29, 0.717) is 13.1 Å². The number of halogens is 1. The molecule has 1 N–H and O–H groups in total. The summed E-state index contributed by atoms with van der Waals surface area (Å²) >= 11 is 0. The summed E-state index contributed by atoms with van der Waals surface area (Å²) in [6, 6.07) is 17.0. The van der Waals surface area contributed by atoms with E-state index in [1.807, 2.05) is 18.5 Å². The molecule has 7 heteroatoms. The highest BCUT2D eigenvalue weighted by atomic mass is 19.1. The molecule has 2 heterocycles. The van der Waals surface area contributed by atoms with Gasteiger partial charge in [0.25, 0.3) is 0 Å². The van der Waals surface area contributed by atoms with Gasteiger partial charge in [-0.3, -0.25) is 4.99 Å². The Balaban J connectivity index is 1.42. The minimum absolute atomic E-state index is 0.0439. The summed E-state index contributed by atoms with van der Waals surface area (Å²) in [5.74, 6) is 1.67. The zero-order valence-corrected chi connectivity index (χ0v) is 19.3. The summed E-state index contributed by atoms with van der Waals surface area (Å²) in [5, 5.41) is 3.42. The molecule has 2 atom stereocenters. The maximum atomic E-state index is 13.4. The van der Waals surface area contributed by atoms with E-state index >= 15 is 0 Å². The fourth-order valence-electron chi connectivity index (χ4n) is 4.17. The molecule has 0 radical (unpaired) electrons. The first-order chi connectivity index (χ1) is 16.1. The SMILES string of the molecule is CCNC(=NCCc1nccn1Cc1ccccc1)N1CC(C)OC(c2ccc(F)cc2)C1. The van der Waals surface area contributed by atoms with Crippen molar-refractivity contribution in [3.63, 3.8) is 0 Å². The van der Waals surface area contributed by atoms with Gasteiger partial charge >= 0.3 is 0 Å². The molecule has 1 aromatic heterocycles. The highest BCUT2D eigenvalue weighted by molar-refractivity contribution is 5.80. The molecule has 1 fully saturated rings. The monoisotopic (exact) mass is 449 g/mol. The molecule has 1 aliphatic rings. The zero-order chi connectivity index (χ0) is 23.0. The van der Waals surface area contributed by atoms with Gasteiger partial charge < -0.3 is 19.5 Å². The van der Waals surface area contributed by atoms with Gasteiger partial charge in [0.15, 0.2) is 5.96 Å². The lowest BCUT2D eigenvalue weighted by atomic mass is 10.1. The second-order valence-electron chi connectivity index (χ2n) is 8.33. The standard InChI is InChI=1S/C26H32FN5O/c1-3-28-26(32-17-20(2)33-24(19-32)22-9-11-23(27)12-10-22)30-14-13-25-29-15-16-31(25)18-21-7-5-4-6-8-21/h4-12,15-16,20,24H,3,13-14,17-19H2,1-2H3,(H,28,30). The van der Waals surface area contributed by atoms with Crippen LogP contribution in [0.25, 0.3) is 0 Å². The smallest absolute Gasteiger partial charge is 0.194 e. The third kappa shape index (κ3) is 6.20. The van der Waals surface area contributed by atoms with Crippen LogP contribution in [0.4, 0.5) is 4.39 Å². The second kappa shape index (κ2) is 11.1. The summed E-state index contributed by atoms with van der Waals surface area (Å²) in [5.41, 5.74) is 2.23. The van der Waals surface area contributed by atoms with Crippen molar-refractivity contribution in [3.8, 4) is 0 Å². The molecule has 0 bridgehead atoms. The number of imidazole rings is 1. The van der Waals surface area contributed by atoms with Crippen molar-refractivity contribution in [3.05, 3.63) is 89.8 Å². The molecule has 4 rings (SSSR count). The number of morpholine rings is 1. The number of guanidine groups is 1. The zero-order valence-electron chi connectivity index (χ0n) is 19.3. The van der Waals surface area contributed by atoms with Crippen LogP contribution < -0.4 is 5.32 Å². The molecular weight excluding hydrogens is 417 g/mol. The predicted molar refractivity (Wildman–Crippen MR) is 129 cm³/mol. The van der Waals surface area contributed by atoms with Gasteiger partial charge in [0.2, 0.25) is 0 Å². The van der Waals surface area contributed by atoms with Crippen molar-refractivity contribution >= 4 is 5.96 Å². The summed E-state index contributed by atoms with van der Waals surface area (Å²) in [4.78, 5) is 11.7. The van der Waals surface area contributed by atoms with E-state index in [-0.39, 0.29) is 18.0 Å². The van der Waals surface area contributed by atoms with E-state index < -0.39 is 0 Å². The number of ether oxygens (including phenoxy) is 1. The summed E-state index contributed by atoms with van der Waals surface area (Å²) < 4.78 is 21.7. The molecule has 0 aliphatic carbocycles. The number of aromatic nitrogens is 2. The number of hydrogen-bond donors (Lipinski definition) is 1. The average Bonchev–Trinajstić information content (AvgIpc) is 3.26. The average molecular weight is 450 g/mol. The lowest BCUT2D eigenvalue weighted by Crippen LogP contribution is -2.50.